The third-order valence-corrected chi connectivity index (χ3v) is 10.4. The van der Waals surface area contributed by atoms with E-state index in [0.29, 0.717) is 42.2 Å². The molecule has 1 aliphatic carbocycles. The number of hydrogen-bond acceptors (Lipinski definition) is 6. The molecule has 9 nitrogen and oxygen atoms in total. The number of carbonyl (C=O) groups is 3. The van der Waals surface area contributed by atoms with Gasteiger partial charge in [0.25, 0.3) is 5.91 Å². The van der Waals surface area contributed by atoms with Crippen LogP contribution in [0.2, 0.25) is 0 Å². The zero-order chi connectivity index (χ0) is 34.0. The predicted octanol–water partition coefficient (Wildman–Crippen LogP) is 5.32. The van der Waals surface area contributed by atoms with E-state index in [4.69, 9.17) is 0 Å². The number of anilines is 1. The quantitative estimate of drug-likeness (QED) is 0.308. The lowest BCUT2D eigenvalue weighted by molar-refractivity contribution is -0.143. The van der Waals surface area contributed by atoms with Crippen LogP contribution < -0.4 is 15.5 Å². The van der Waals surface area contributed by atoms with E-state index in [1.54, 1.807) is 17.9 Å². The Hall–Kier alpha value is -4.31. The summed E-state index contributed by atoms with van der Waals surface area (Å²) in [7, 11) is 4.36. The fourth-order valence-corrected chi connectivity index (χ4v) is 7.04. The van der Waals surface area contributed by atoms with Gasteiger partial charge in [-0.05, 0) is 126 Å². The molecule has 2 aliphatic heterocycles. The molecule has 0 radical (unpaired) electrons. The Morgan fingerprint density at radius 2 is 1.83 bits per heavy atom. The Bertz CT molecular complexity index is 1720. The average Bonchev–Trinajstić information content (AvgIpc) is 3.83. The number of nitrogens with zero attached hydrogens (tertiary/aromatic N) is 4. The van der Waals surface area contributed by atoms with Crippen molar-refractivity contribution < 1.29 is 18.8 Å². The van der Waals surface area contributed by atoms with Crippen molar-refractivity contribution in [2.45, 2.75) is 70.0 Å². The molecular weight excluding hydrogens is 607 g/mol. The molecule has 3 amide bonds. The van der Waals surface area contributed by atoms with Gasteiger partial charge in [-0.1, -0.05) is 24.3 Å². The first-order valence-corrected chi connectivity index (χ1v) is 17.2. The smallest absolute Gasteiger partial charge is 0.270 e. The minimum Gasteiger partial charge on any atom is -0.371 e. The third kappa shape index (κ3) is 7.38. The fourth-order valence-electron chi connectivity index (χ4n) is 7.04. The Morgan fingerprint density at radius 1 is 1.06 bits per heavy atom. The molecule has 10 heteroatoms. The number of nitrogens with one attached hydrogen (secondary N) is 2. The van der Waals surface area contributed by atoms with Crippen molar-refractivity contribution in [3.63, 3.8) is 0 Å². The lowest BCUT2D eigenvalue weighted by Crippen LogP contribution is -2.57. The first-order chi connectivity index (χ1) is 23.0. The average molecular weight is 655 g/mol. The van der Waals surface area contributed by atoms with E-state index < -0.39 is 11.4 Å². The summed E-state index contributed by atoms with van der Waals surface area (Å²) in [5.74, 6) is -0.806. The molecule has 3 aliphatic rings. The molecule has 254 valence electrons. The minimum absolute atomic E-state index is 0.132. The lowest BCUT2D eigenvalue weighted by Gasteiger charge is -2.37. The van der Waals surface area contributed by atoms with Gasteiger partial charge in [-0.2, -0.15) is 0 Å². The minimum atomic E-state index is -1.04. The zero-order valence-corrected chi connectivity index (χ0v) is 28.5. The molecule has 2 atom stereocenters. The maximum absolute atomic E-state index is 13.9. The molecule has 2 aromatic carbocycles. The summed E-state index contributed by atoms with van der Waals surface area (Å²) in [6.07, 6.45) is 10.4. The van der Waals surface area contributed by atoms with Crippen LogP contribution in [0.25, 0.3) is 17.0 Å². The van der Waals surface area contributed by atoms with Gasteiger partial charge >= 0.3 is 0 Å². The number of halogens is 1. The van der Waals surface area contributed by atoms with E-state index >= 15 is 0 Å². The van der Waals surface area contributed by atoms with Gasteiger partial charge in [-0.3, -0.25) is 14.4 Å². The Labute approximate surface area is 282 Å². The predicted molar refractivity (Wildman–Crippen MR) is 187 cm³/mol. The van der Waals surface area contributed by atoms with E-state index in [0.717, 1.165) is 37.1 Å². The number of amides is 3. The summed E-state index contributed by atoms with van der Waals surface area (Å²) in [6, 6.07) is 14.0. The van der Waals surface area contributed by atoms with Crippen LogP contribution in [0, 0.1) is 11.7 Å². The van der Waals surface area contributed by atoms with Crippen LogP contribution in [-0.2, 0) is 9.59 Å². The van der Waals surface area contributed by atoms with E-state index in [-0.39, 0.29) is 35.9 Å². The van der Waals surface area contributed by atoms with Crippen molar-refractivity contribution in [3.05, 3.63) is 77.2 Å². The summed E-state index contributed by atoms with van der Waals surface area (Å²) in [5.41, 5.74) is 2.90. The summed E-state index contributed by atoms with van der Waals surface area (Å²) >= 11 is 0. The standard InChI is InChI=1S/C38H47FN6O3/c1-25(32-13-12-31(23-27(32)9-8-26-6-7-26)44(4)30-16-20-43(3)21-17-30)41-37(48)38(2)18-5-19-45(38)35(46)24-40-36(47)34-14-10-28-22-29(39)11-15-33(28)42-34/h8-15,22-23,25-26,30H,5-7,16-21,24H2,1-4H3,(H,40,47)(H,41,48)/b9-8+/t25-,38-/m0/s1. The van der Waals surface area contributed by atoms with Crippen LogP contribution in [0.1, 0.15) is 80.0 Å². The maximum Gasteiger partial charge on any atom is 0.270 e. The van der Waals surface area contributed by atoms with Crippen LogP contribution in [0.15, 0.2) is 54.6 Å². The van der Waals surface area contributed by atoms with Crippen molar-refractivity contribution in [3.8, 4) is 0 Å². The van der Waals surface area contributed by atoms with Crippen molar-refractivity contribution in [1.29, 1.82) is 0 Å². The number of fused-ring (bicyclic) bond motifs is 1. The molecule has 0 spiro atoms. The SMILES string of the molecule is C[C@H](NC(=O)[C@]1(C)CCCN1C(=O)CNC(=O)c1ccc2cc(F)ccc2n1)c1ccc(N(C)C2CCN(C)CC2)cc1/C=C/C1CC1. The molecule has 3 fully saturated rings. The summed E-state index contributed by atoms with van der Waals surface area (Å²) in [4.78, 5) is 50.9. The summed E-state index contributed by atoms with van der Waals surface area (Å²) < 4.78 is 13.5. The van der Waals surface area contributed by atoms with Gasteiger partial charge in [0, 0.05) is 30.7 Å². The highest BCUT2D eigenvalue weighted by Crippen LogP contribution is 2.34. The first-order valence-electron chi connectivity index (χ1n) is 17.2. The number of hydrogen-bond donors (Lipinski definition) is 2. The number of allylic oxidation sites excluding steroid dienone is 1. The van der Waals surface area contributed by atoms with Crippen LogP contribution in [0.4, 0.5) is 10.1 Å². The van der Waals surface area contributed by atoms with Crippen molar-refractivity contribution >= 4 is 40.4 Å². The zero-order valence-electron chi connectivity index (χ0n) is 28.5. The van der Waals surface area contributed by atoms with Gasteiger partial charge < -0.3 is 25.3 Å². The van der Waals surface area contributed by atoms with Gasteiger partial charge in [-0.25, -0.2) is 9.37 Å². The molecule has 3 aromatic rings. The van der Waals surface area contributed by atoms with Crippen LogP contribution in [0.5, 0.6) is 0 Å². The van der Waals surface area contributed by atoms with Crippen molar-refractivity contribution in [2.24, 2.45) is 5.92 Å². The topological polar surface area (TPSA) is 97.9 Å². The van der Waals surface area contributed by atoms with E-state index in [2.05, 4.69) is 69.9 Å². The van der Waals surface area contributed by atoms with Crippen LogP contribution in [0.3, 0.4) is 0 Å². The highest BCUT2D eigenvalue weighted by molar-refractivity contribution is 5.98. The second-order valence-electron chi connectivity index (χ2n) is 14.0. The molecule has 6 rings (SSSR count). The summed E-state index contributed by atoms with van der Waals surface area (Å²) in [5, 5.41) is 6.47. The number of piperidine rings is 1. The van der Waals surface area contributed by atoms with E-state index in [1.165, 1.54) is 42.8 Å². The molecule has 0 unspecified atom stereocenters. The first kappa shape index (κ1) is 33.6. The van der Waals surface area contributed by atoms with E-state index in [9.17, 15) is 18.8 Å². The van der Waals surface area contributed by atoms with E-state index in [1.807, 2.05) is 6.92 Å². The lowest BCUT2D eigenvalue weighted by atomic mass is 9.94. The second kappa shape index (κ2) is 14.0. The van der Waals surface area contributed by atoms with Gasteiger partial charge in [-0.15, -0.1) is 0 Å². The second-order valence-corrected chi connectivity index (χ2v) is 14.0. The van der Waals surface area contributed by atoms with Gasteiger partial charge in [0.2, 0.25) is 11.8 Å². The number of pyridine rings is 1. The third-order valence-electron chi connectivity index (χ3n) is 10.4. The number of rotatable bonds is 10. The largest absolute Gasteiger partial charge is 0.371 e. The highest BCUT2D eigenvalue weighted by Gasteiger charge is 2.46. The normalized spacial score (nSPS) is 21.1. The number of likely N-dealkylation sites (tertiary alicyclic amines) is 2. The highest BCUT2D eigenvalue weighted by atomic mass is 19.1. The van der Waals surface area contributed by atoms with Gasteiger partial charge in [0.1, 0.15) is 17.1 Å². The number of aromatic nitrogens is 1. The Kier molecular flexibility index (Phi) is 9.83. The molecule has 48 heavy (non-hydrogen) atoms. The van der Waals surface area contributed by atoms with Crippen LogP contribution in [-0.4, -0.2) is 84.4 Å². The fraction of sp³-hybridized carbons (Fsp3) is 0.474. The number of benzene rings is 2. The van der Waals surface area contributed by atoms with Gasteiger partial charge in [0.15, 0.2) is 0 Å². The molecule has 0 bridgehead atoms. The molecule has 3 heterocycles. The number of carbonyl (C=O) groups excluding carboxylic acids is 3. The monoisotopic (exact) mass is 654 g/mol. The van der Waals surface area contributed by atoms with Crippen molar-refractivity contribution in [1.82, 2.24) is 25.4 Å². The Balaban J connectivity index is 1.11. The molecule has 2 saturated heterocycles. The molecule has 1 saturated carbocycles. The molecular formula is C38H47FN6O3. The molecule has 1 aromatic heterocycles. The molecule has 2 N–H and O–H groups in total. The van der Waals surface area contributed by atoms with Gasteiger partial charge in [0.05, 0.1) is 18.1 Å². The van der Waals surface area contributed by atoms with Crippen LogP contribution >= 0.6 is 0 Å². The Morgan fingerprint density at radius 3 is 2.58 bits per heavy atom. The van der Waals surface area contributed by atoms with Crippen molar-refractivity contribution in [2.75, 3.05) is 45.2 Å². The maximum atomic E-state index is 13.9. The summed E-state index contributed by atoms with van der Waals surface area (Å²) in [6.45, 7) is 6.17.